The van der Waals surface area contributed by atoms with Gasteiger partial charge >= 0.3 is 0 Å². The van der Waals surface area contributed by atoms with Crippen LogP contribution in [0.4, 0.5) is 5.82 Å². The summed E-state index contributed by atoms with van der Waals surface area (Å²) in [5.41, 5.74) is 3.45. The standard InChI is InChI=1S/C25H32N6O3/c1-25(2,3)27-19-10-11-31(15-19)23-9-8-21(28-29-23)20-7-6-17(12-22(20)34-16-32-4)18-13-24(33-5)30-26-14-18/h6-9,12-14,19,27H,10-11,15-16H2,1-5H3/t19-/m1/s1. The quantitative estimate of drug-likeness (QED) is 0.502. The van der Waals surface area contributed by atoms with Gasteiger partial charge in [0.05, 0.1) is 19.0 Å². The fourth-order valence-corrected chi connectivity index (χ4v) is 4.10. The number of nitrogens with zero attached hydrogens (tertiary/aromatic N) is 5. The Balaban J connectivity index is 1.56. The largest absolute Gasteiger partial charge is 0.480 e. The van der Waals surface area contributed by atoms with Crippen molar-refractivity contribution in [2.45, 2.75) is 38.8 Å². The molecule has 0 aliphatic carbocycles. The second-order valence-electron chi connectivity index (χ2n) is 9.35. The number of aromatic nitrogens is 4. The van der Waals surface area contributed by atoms with Crippen molar-refractivity contribution in [1.82, 2.24) is 25.7 Å². The molecule has 0 unspecified atom stereocenters. The van der Waals surface area contributed by atoms with E-state index in [2.05, 4.69) is 51.4 Å². The maximum Gasteiger partial charge on any atom is 0.233 e. The summed E-state index contributed by atoms with van der Waals surface area (Å²) in [6.07, 6.45) is 2.77. The third kappa shape index (κ3) is 5.78. The van der Waals surface area contributed by atoms with Gasteiger partial charge in [-0.15, -0.1) is 15.3 Å². The van der Waals surface area contributed by atoms with Gasteiger partial charge < -0.3 is 24.4 Å². The Bertz CT molecular complexity index is 1100. The fourth-order valence-electron chi connectivity index (χ4n) is 4.10. The average molecular weight is 465 g/mol. The Morgan fingerprint density at radius 3 is 2.59 bits per heavy atom. The second-order valence-corrected chi connectivity index (χ2v) is 9.35. The molecule has 1 saturated heterocycles. The molecule has 1 aliphatic rings. The van der Waals surface area contributed by atoms with Crippen LogP contribution in [0.15, 0.2) is 42.6 Å². The van der Waals surface area contributed by atoms with Crippen molar-refractivity contribution in [2.24, 2.45) is 0 Å². The minimum absolute atomic E-state index is 0.0957. The highest BCUT2D eigenvalue weighted by molar-refractivity contribution is 5.74. The maximum atomic E-state index is 5.87. The number of hydrogen-bond acceptors (Lipinski definition) is 9. The fraction of sp³-hybridized carbons (Fsp3) is 0.440. The van der Waals surface area contributed by atoms with Crippen LogP contribution < -0.4 is 19.7 Å². The molecule has 0 saturated carbocycles. The molecule has 3 aromatic rings. The van der Waals surface area contributed by atoms with E-state index < -0.39 is 0 Å². The molecule has 2 aromatic heterocycles. The molecular weight excluding hydrogens is 432 g/mol. The van der Waals surface area contributed by atoms with Crippen molar-refractivity contribution >= 4 is 5.82 Å². The minimum atomic E-state index is 0.0957. The summed E-state index contributed by atoms with van der Waals surface area (Å²) >= 11 is 0. The third-order valence-electron chi connectivity index (χ3n) is 5.56. The molecule has 0 amide bonds. The molecule has 1 aliphatic heterocycles. The van der Waals surface area contributed by atoms with E-state index in [0.29, 0.717) is 17.7 Å². The number of methoxy groups -OCH3 is 2. The lowest BCUT2D eigenvalue weighted by Gasteiger charge is -2.26. The van der Waals surface area contributed by atoms with Gasteiger partial charge in [0.25, 0.3) is 0 Å². The van der Waals surface area contributed by atoms with Crippen LogP contribution in [-0.4, -0.2) is 66.1 Å². The number of ether oxygens (including phenoxy) is 3. The van der Waals surface area contributed by atoms with E-state index in [-0.39, 0.29) is 12.3 Å². The second kappa shape index (κ2) is 10.3. The monoisotopic (exact) mass is 464 g/mol. The molecule has 0 spiro atoms. The number of nitrogens with one attached hydrogen (secondary N) is 1. The minimum Gasteiger partial charge on any atom is -0.480 e. The van der Waals surface area contributed by atoms with Gasteiger partial charge in [0.2, 0.25) is 5.88 Å². The first-order valence-electron chi connectivity index (χ1n) is 11.4. The first-order chi connectivity index (χ1) is 16.4. The molecule has 1 N–H and O–H groups in total. The lowest BCUT2D eigenvalue weighted by molar-refractivity contribution is 0.0515. The zero-order chi connectivity index (χ0) is 24.1. The van der Waals surface area contributed by atoms with E-state index in [4.69, 9.17) is 14.2 Å². The van der Waals surface area contributed by atoms with Gasteiger partial charge in [0, 0.05) is 49.0 Å². The molecular formula is C25H32N6O3. The zero-order valence-corrected chi connectivity index (χ0v) is 20.4. The number of benzene rings is 1. The van der Waals surface area contributed by atoms with E-state index in [9.17, 15) is 0 Å². The normalized spacial score (nSPS) is 16.0. The predicted octanol–water partition coefficient (Wildman–Crippen LogP) is 3.56. The molecule has 9 heteroatoms. The summed E-state index contributed by atoms with van der Waals surface area (Å²) in [6, 6.07) is 12.2. The van der Waals surface area contributed by atoms with Gasteiger partial charge in [-0.3, -0.25) is 0 Å². The lowest BCUT2D eigenvalue weighted by Crippen LogP contribution is -2.45. The Morgan fingerprint density at radius 2 is 1.88 bits per heavy atom. The molecule has 9 nitrogen and oxygen atoms in total. The van der Waals surface area contributed by atoms with Gasteiger partial charge in [-0.25, -0.2) is 0 Å². The number of anilines is 1. The SMILES string of the molecule is COCOc1cc(-c2cnnc(OC)c2)ccc1-c1ccc(N2CC[C@@H](NC(C)(C)C)C2)nn1. The molecule has 1 atom stereocenters. The van der Waals surface area contributed by atoms with Gasteiger partial charge in [0.15, 0.2) is 12.6 Å². The van der Waals surface area contributed by atoms with Crippen molar-refractivity contribution in [3.63, 3.8) is 0 Å². The molecule has 34 heavy (non-hydrogen) atoms. The van der Waals surface area contributed by atoms with Crippen LogP contribution in [0.2, 0.25) is 0 Å². The summed E-state index contributed by atoms with van der Waals surface area (Å²) in [7, 11) is 3.16. The van der Waals surface area contributed by atoms with Crippen LogP contribution in [-0.2, 0) is 4.74 Å². The van der Waals surface area contributed by atoms with Crippen LogP contribution in [0.1, 0.15) is 27.2 Å². The number of rotatable bonds is 8. The van der Waals surface area contributed by atoms with Crippen LogP contribution in [0.3, 0.4) is 0 Å². The van der Waals surface area contributed by atoms with Crippen molar-refractivity contribution < 1.29 is 14.2 Å². The van der Waals surface area contributed by atoms with Crippen molar-refractivity contribution in [3.05, 3.63) is 42.6 Å². The molecule has 0 radical (unpaired) electrons. The third-order valence-corrected chi connectivity index (χ3v) is 5.56. The van der Waals surface area contributed by atoms with Crippen molar-refractivity contribution in [3.8, 4) is 34.0 Å². The molecule has 1 fully saturated rings. The molecule has 3 heterocycles. The lowest BCUT2D eigenvalue weighted by atomic mass is 10.0. The van der Waals surface area contributed by atoms with Crippen LogP contribution >= 0.6 is 0 Å². The van der Waals surface area contributed by atoms with Gasteiger partial charge in [-0.05, 0) is 57.0 Å². The molecule has 180 valence electrons. The Labute approximate surface area is 200 Å². The Morgan fingerprint density at radius 1 is 1.03 bits per heavy atom. The highest BCUT2D eigenvalue weighted by Gasteiger charge is 2.26. The summed E-state index contributed by atoms with van der Waals surface area (Å²) in [5.74, 6) is 1.98. The highest BCUT2D eigenvalue weighted by Crippen LogP contribution is 2.34. The van der Waals surface area contributed by atoms with E-state index in [1.807, 2.05) is 36.4 Å². The van der Waals surface area contributed by atoms with E-state index in [0.717, 1.165) is 47.7 Å². The van der Waals surface area contributed by atoms with E-state index in [1.165, 1.54) is 0 Å². The zero-order valence-electron chi connectivity index (χ0n) is 20.4. The molecule has 0 bridgehead atoms. The average Bonchev–Trinajstić information content (AvgIpc) is 3.29. The van der Waals surface area contributed by atoms with Gasteiger partial charge in [-0.1, -0.05) is 6.07 Å². The first-order valence-corrected chi connectivity index (χ1v) is 11.4. The van der Waals surface area contributed by atoms with Crippen LogP contribution in [0.5, 0.6) is 11.6 Å². The maximum absolute atomic E-state index is 5.87. The van der Waals surface area contributed by atoms with Crippen molar-refractivity contribution in [2.75, 3.05) is 39.0 Å². The smallest absolute Gasteiger partial charge is 0.233 e. The number of hydrogen-bond donors (Lipinski definition) is 1. The van der Waals surface area contributed by atoms with E-state index >= 15 is 0 Å². The van der Waals surface area contributed by atoms with E-state index in [1.54, 1.807) is 20.4 Å². The van der Waals surface area contributed by atoms with Gasteiger partial charge in [0.1, 0.15) is 5.75 Å². The highest BCUT2D eigenvalue weighted by atomic mass is 16.7. The summed E-state index contributed by atoms with van der Waals surface area (Å²) in [6.45, 7) is 8.59. The van der Waals surface area contributed by atoms with Crippen LogP contribution in [0.25, 0.3) is 22.4 Å². The molecule has 4 rings (SSSR count). The topological polar surface area (TPSA) is 94.5 Å². The molecule has 1 aromatic carbocycles. The summed E-state index contributed by atoms with van der Waals surface area (Å²) in [4.78, 5) is 2.27. The Hall–Kier alpha value is -3.30. The van der Waals surface area contributed by atoms with Gasteiger partial charge in [-0.2, -0.15) is 5.10 Å². The Kier molecular flexibility index (Phi) is 7.23. The first kappa shape index (κ1) is 23.8. The van der Waals surface area contributed by atoms with Crippen molar-refractivity contribution in [1.29, 1.82) is 0 Å². The predicted molar refractivity (Wildman–Crippen MR) is 131 cm³/mol. The summed E-state index contributed by atoms with van der Waals surface area (Å²) < 4.78 is 16.2. The van der Waals surface area contributed by atoms with Crippen LogP contribution in [0, 0.1) is 0 Å². The summed E-state index contributed by atoms with van der Waals surface area (Å²) in [5, 5.41) is 20.6.